The van der Waals surface area contributed by atoms with Gasteiger partial charge in [0.25, 0.3) is 0 Å². The number of anilines is 1. The second kappa shape index (κ2) is 5.93. The molecule has 96 valence electrons. The van der Waals surface area contributed by atoms with Crippen LogP contribution in [0.1, 0.15) is 5.69 Å². The first-order valence-electron chi connectivity index (χ1n) is 5.27. The number of hydrogen-bond acceptors (Lipinski definition) is 5. The lowest BCUT2D eigenvalue weighted by Gasteiger charge is -2.13. The van der Waals surface area contributed by atoms with Crippen molar-refractivity contribution in [2.75, 3.05) is 19.5 Å². The predicted molar refractivity (Wildman–Crippen MR) is 74.0 cm³/mol. The minimum absolute atomic E-state index is 0.522. The molecule has 0 aliphatic carbocycles. The summed E-state index contributed by atoms with van der Waals surface area (Å²) in [6.07, 6.45) is 0. The molecule has 0 bridgehead atoms. The van der Waals surface area contributed by atoms with E-state index in [0.29, 0.717) is 23.1 Å². The van der Waals surface area contributed by atoms with Gasteiger partial charge in [-0.1, -0.05) is 11.6 Å². The monoisotopic (exact) mass is 284 g/mol. The highest BCUT2D eigenvalue weighted by atomic mass is 35.5. The molecule has 1 aromatic heterocycles. The highest BCUT2D eigenvalue weighted by Crippen LogP contribution is 2.35. The maximum atomic E-state index is 6.04. The van der Waals surface area contributed by atoms with Crippen molar-refractivity contribution in [1.29, 1.82) is 0 Å². The summed E-state index contributed by atoms with van der Waals surface area (Å²) in [6, 6.07) is 3.54. The van der Waals surface area contributed by atoms with E-state index in [1.165, 1.54) is 0 Å². The van der Waals surface area contributed by atoms with Gasteiger partial charge in [0.15, 0.2) is 0 Å². The Balaban J connectivity index is 2.19. The van der Waals surface area contributed by atoms with Crippen LogP contribution < -0.4 is 14.8 Å². The summed E-state index contributed by atoms with van der Waals surface area (Å²) in [5.41, 5.74) is 3.61. The predicted octanol–water partition coefficient (Wildman–Crippen LogP) is 3.43. The molecule has 0 saturated carbocycles. The Morgan fingerprint density at radius 2 is 2.06 bits per heavy atom. The molecule has 2 rings (SSSR count). The fourth-order valence-electron chi connectivity index (χ4n) is 1.51. The van der Waals surface area contributed by atoms with Crippen molar-refractivity contribution in [3.8, 4) is 11.5 Å². The second-order valence-electron chi connectivity index (χ2n) is 3.52. The molecule has 0 unspecified atom stereocenters. The van der Waals surface area contributed by atoms with Crippen LogP contribution in [-0.2, 0) is 6.54 Å². The molecule has 0 aliphatic heterocycles. The van der Waals surface area contributed by atoms with Crippen LogP contribution >= 0.6 is 22.9 Å². The van der Waals surface area contributed by atoms with E-state index in [-0.39, 0.29) is 0 Å². The molecule has 0 fully saturated rings. The Bertz CT molecular complexity index is 517. The first-order valence-corrected chi connectivity index (χ1v) is 6.59. The lowest BCUT2D eigenvalue weighted by molar-refractivity contribution is 0.404. The average molecular weight is 285 g/mol. The molecule has 0 aliphatic rings. The van der Waals surface area contributed by atoms with Gasteiger partial charge in [-0.25, -0.2) is 4.98 Å². The molecular formula is C12H13ClN2O2S. The van der Waals surface area contributed by atoms with Gasteiger partial charge in [-0.05, 0) is 0 Å². The highest BCUT2D eigenvalue weighted by Gasteiger charge is 2.09. The Morgan fingerprint density at radius 3 is 2.67 bits per heavy atom. The zero-order chi connectivity index (χ0) is 13.0. The molecular weight excluding hydrogens is 272 g/mol. The van der Waals surface area contributed by atoms with E-state index >= 15 is 0 Å². The lowest BCUT2D eigenvalue weighted by Crippen LogP contribution is -2.02. The summed E-state index contributed by atoms with van der Waals surface area (Å²) in [5, 5.41) is 5.76. The van der Waals surface area contributed by atoms with E-state index < -0.39 is 0 Å². The van der Waals surface area contributed by atoms with E-state index in [2.05, 4.69) is 10.3 Å². The van der Waals surface area contributed by atoms with Gasteiger partial charge in [-0.2, -0.15) is 0 Å². The second-order valence-corrected chi connectivity index (χ2v) is 4.65. The zero-order valence-corrected chi connectivity index (χ0v) is 11.6. The van der Waals surface area contributed by atoms with Crippen molar-refractivity contribution < 1.29 is 9.47 Å². The van der Waals surface area contributed by atoms with Gasteiger partial charge in [0.05, 0.1) is 42.7 Å². The first-order chi connectivity index (χ1) is 8.74. The van der Waals surface area contributed by atoms with E-state index in [1.54, 1.807) is 37.1 Å². The van der Waals surface area contributed by atoms with Crippen LogP contribution in [0.3, 0.4) is 0 Å². The number of rotatable bonds is 5. The van der Waals surface area contributed by atoms with Crippen LogP contribution in [0.5, 0.6) is 11.5 Å². The Labute approximate surface area is 115 Å². The molecule has 0 amide bonds. The van der Waals surface area contributed by atoms with Gasteiger partial charge in [0, 0.05) is 17.5 Å². The number of halogens is 1. The van der Waals surface area contributed by atoms with Crippen molar-refractivity contribution in [1.82, 2.24) is 4.98 Å². The summed E-state index contributed by atoms with van der Waals surface area (Å²) in [5.74, 6) is 1.29. The SMILES string of the molecule is COc1cc(NCc2cscn2)c(OC)cc1Cl. The molecule has 0 spiro atoms. The topological polar surface area (TPSA) is 43.4 Å². The van der Waals surface area contributed by atoms with Crippen molar-refractivity contribution in [3.63, 3.8) is 0 Å². The fraction of sp³-hybridized carbons (Fsp3) is 0.250. The molecule has 1 aromatic carbocycles. The third-order valence-corrected chi connectivity index (χ3v) is 3.35. The van der Waals surface area contributed by atoms with Crippen LogP contribution in [0.4, 0.5) is 5.69 Å². The Kier molecular flexibility index (Phi) is 4.28. The Hall–Kier alpha value is -1.46. The number of thiazole rings is 1. The van der Waals surface area contributed by atoms with Gasteiger partial charge in [-0.15, -0.1) is 11.3 Å². The summed E-state index contributed by atoms with van der Waals surface area (Å²) in [6.45, 7) is 0.630. The first kappa shape index (κ1) is 13.0. The zero-order valence-electron chi connectivity index (χ0n) is 10.1. The summed E-state index contributed by atoms with van der Waals surface area (Å²) >= 11 is 7.60. The molecule has 4 nitrogen and oxygen atoms in total. The van der Waals surface area contributed by atoms with Crippen molar-refractivity contribution in [3.05, 3.63) is 33.7 Å². The molecule has 1 N–H and O–H groups in total. The molecule has 0 radical (unpaired) electrons. The summed E-state index contributed by atoms with van der Waals surface area (Å²) in [7, 11) is 3.18. The molecule has 0 saturated heterocycles. The van der Waals surface area contributed by atoms with Gasteiger partial charge in [0.1, 0.15) is 11.5 Å². The van der Waals surface area contributed by atoms with E-state index in [4.69, 9.17) is 21.1 Å². The van der Waals surface area contributed by atoms with Gasteiger partial charge >= 0.3 is 0 Å². The Morgan fingerprint density at radius 1 is 1.28 bits per heavy atom. The minimum atomic E-state index is 0.522. The van der Waals surface area contributed by atoms with E-state index in [0.717, 1.165) is 11.4 Å². The largest absolute Gasteiger partial charge is 0.495 e. The van der Waals surface area contributed by atoms with Gasteiger partial charge < -0.3 is 14.8 Å². The minimum Gasteiger partial charge on any atom is -0.495 e. The van der Waals surface area contributed by atoms with Crippen LogP contribution in [0.25, 0.3) is 0 Å². The van der Waals surface area contributed by atoms with Crippen LogP contribution in [0, 0.1) is 0 Å². The highest BCUT2D eigenvalue weighted by molar-refractivity contribution is 7.07. The maximum Gasteiger partial charge on any atom is 0.143 e. The summed E-state index contributed by atoms with van der Waals surface area (Å²) < 4.78 is 10.5. The fourth-order valence-corrected chi connectivity index (χ4v) is 2.30. The van der Waals surface area contributed by atoms with E-state index in [1.807, 2.05) is 11.4 Å². The van der Waals surface area contributed by atoms with Gasteiger partial charge in [0.2, 0.25) is 0 Å². The molecule has 6 heteroatoms. The molecule has 2 aromatic rings. The maximum absolute atomic E-state index is 6.04. The average Bonchev–Trinajstić information content (AvgIpc) is 2.90. The van der Waals surface area contributed by atoms with Crippen molar-refractivity contribution in [2.45, 2.75) is 6.54 Å². The van der Waals surface area contributed by atoms with Crippen LogP contribution in [0.2, 0.25) is 5.02 Å². The van der Waals surface area contributed by atoms with E-state index in [9.17, 15) is 0 Å². The molecule has 0 atom stereocenters. The number of hydrogen-bond donors (Lipinski definition) is 1. The number of benzene rings is 1. The lowest BCUT2D eigenvalue weighted by atomic mass is 10.2. The molecule has 18 heavy (non-hydrogen) atoms. The van der Waals surface area contributed by atoms with Crippen molar-refractivity contribution in [2.24, 2.45) is 0 Å². The third kappa shape index (κ3) is 2.86. The van der Waals surface area contributed by atoms with Crippen LogP contribution in [-0.4, -0.2) is 19.2 Å². The normalized spacial score (nSPS) is 10.2. The quantitative estimate of drug-likeness (QED) is 0.913. The van der Waals surface area contributed by atoms with Crippen molar-refractivity contribution >= 4 is 28.6 Å². The summed E-state index contributed by atoms with van der Waals surface area (Å²) in [4.78, 5) is 4.20. The third-order valence-electron chi connectivity index (χ3n) is 2.42. The number of methoxy groups -OCH3 is 2. The number of aromatic nitrogens is 1. The van der Waals surface area contributed by atoms with Crippen LogP contribution in [0.15, 0.2) is 23.0 Å². The number of ether oxygens (including phenoxy) is 2. The molecule has 1 heterocycles. The number of nitrogens with one attached hydrogen (secondary N) is 1. The smallest absolute Gasteiger partial charge is 0.143 e. The van der Waals surface area contributed by atoms with Gasteiger partial charge in [-0.3, -0.25) is 0 Å². The standard InChI is InChI=1S/C12H13ClN2O2S/c1-16-11-4-10(12(17-2)3-9(11)13)14-5-8-6-18-7-15-8/h3-4,6-7,14H,5H2,1-2H3. The number of nitrogens with zero attached hydrogens (tertiary/aromatic N) is 1.